The fourth-order valence-electron chi connectivity index (χ4n) is 1.59. The van der Waals surface area contributed by atoms with Crippen molar-refractivity contribution in [3.05, 3.63) is 0 Å². The number of halogens is 2. The van der Waals surface area contributed by atoms with Crippen molar-refractivity contribution in [2.75, 3.05) is 0 Å². The minimum Gasteiger partial charge on any atom is -0.244 e. The molecule has 2 aliphatic rings. The maximum Gasteiger partial charge on any atom is 0.148 e. The van der Waals surface area contributed by atoms with Crippen LogP contribution in [0.2, 0.25) is 0 Å². The van der Waals surface area contributed by atoms with Crippen LogP contribution in [0, 0.1) is 11.8 Å². The monoisotopic (exact) mass is 132 g/mol. The van der Waals surface area contributed by atoms with E-state index in [2.05, 4.69) is 0 Å². The number of rotatable bonds is 1. The van der Waals surface area contributed by atoms with Crippen LogP contribution in [0.5, 0.6) is 0 Å². The lowest BCUT2D eigenvalue weighted by Crippen LogP contribution is -2.08. The van der Waals surface area contributed by atoms with Crippen molar-refractivity contribution in [3.63, 3.8) is 0 Å². The molecule has 0 nitrogen and oxygen atoms in total. The number of hydrogen-bond donors (Lipinski definition) is 0. The van der Waals surface area contributed by atoms with Gasteiger partial charge in [0, 0.05) is 6.42 Å². The van der Waals surface area contributed by atoms with Crippen LogP contribution in [0.3, 0.4) is 0 Å². The molecule has 9 heavy (non-hydrogen) atoms. The molecule has 0 N–H and O–H groups in total. The van der Waals surface area contributed by atoms with Gasteiger partial charge in [0.2, 0.25) is 0 Å². The highest BCUT2D eigenvalue weighted by atomic mass is 19.2. The number of hydrogen-bond acceptors (Lipinski definition) is 0. The molecule has 0 saturated heterocycles. The second kappa shape index (κ2) is 1.30. The summed E-state index contributed by atoms with van der Waals surface area (Å²) in [5.74, 6) is 0.503. The lowest BCUT2D eigenvalue weighted by Gasteiger charge is -1.99. The van der Waals surface area contributed by atoms with Crippen molar-refractivity contribution < 1.29 is 8.78 Å². The normalized spacial score (nSPS) is 63.7. The van der Waals surface area contributed by atoms with E-state index in [9.17, 15) is 8.78 Å². The minimum absolute atomic E-state index is 0.0625. The zero-order valence-electron chi connectivity index (χ0n) is 5.40. The molecule has 0 radical (unpaired) electrons. The molecular weight excluding hydrogens is 122 g/mol. The van der Waals surface area contributed by atoms with Crippen LogP contribution in [0.1, 0.15) is 19.8 Å². The number of alkyl halides is 2. The summed E-state index contributed by atoms with van der Waals surface area (Å²) in [5, 5.41) is 0. The van der Waals surface area contributed by atoms with E-state index < -0.39 is 11.8 Å². The second-order valence-electron chi connectivity index (χ2n) is 3.42. The van der Waals surface area contributed by atoms with Crippen molar-refractivity contribution in [2.45, 2.75) is 31.6 Å². The molecule has 2 heteroatoms. The lowest BCUT2D eigenvalue weighted by atomic mass is 10.2. The Balaban J connectivity index is 2.00. The molecule has 4 unspecified atom stereocenters. The molecule has 0 aromatic heterocycles. The van der Waals surface area contributed by atoms with Gasteiger partial charge in [-0.05, 0) is 18.3 Å². The van der Waals surface area contributed by atoms with Gasteiger partial charge in [0.05, 0.1) is 0 Å². The fraction of sp³-hybridized carbons (Fsp3) is 1.00. The van der Waals surface area contributed by atoms with E-state index in [0.29, 0.717) is 5.92 Å². The van der Waals surface area contributed by atoms with E-state index in [1.807, 2.05) is 6.92 Å². The predicted octanol–water partition coefficient (Wildman–Crippen LogP) is 2.09. The summed E-state index contributed by atoms with van der Waals surface area (Å²) in [7, 11) is 0. The molecular formula is C7H10F2. The van der Waals surface area contributed by atoms with Crippen LogP contribution in [0.15, 0.2) is 0 Å². The molecule has 0 spiro atoms. The smallest absolute Gasteiger partial charge is 0.148 e. The first-order valence-electron chi connectivity index (χ1n) is 3.47. The molecule has 2 fully saturated rings. The first-order chi connectivity index (χ1) is 4.14. The summed E-state index contributed by atoms with van der Waals surface area (Å²) in [6.45, 7) is 1.98. The third-order valence-corrected chi connectivity index (χ3v) is 2.58. The molecule has 0 amide bonds. The molecule has 0 aromatic rings. The average Bonchev–Trinajstić information content (AvgIpc) is 2.55. The standard InChI is InChI=1S/C7H10F2/c1-4-2-5(4)7(9)3-6(7)8/h4-6H,2-3H2,1H3. The van der Waals surface area contributed by atoms with Crippen LogP contribution in [-0.4, -0.2) is 11.8 Å². The van der Waals surface area contributed by atoms with E-state index in [0.717, 1.165) is 6.42 Å². The van der Waals surface area contributed by atoms with Gasteiger partial charge in [-0.3, -0.25) is 0 Å². The van der Waals surface area contributed by atoms with Crippen molar-refractivity contribution >= 4 is 0 Å². The van der Waals surface area contributed by atoms with Gasteiger partial charge in [0.25, 0.3) is 0 Å². The molecule has 2 saturated carbocycles. The third-order valence-electron chi connectivity index (χ3n) is 2.58. The van der Waals surface area contributed by atoms with Gasteiger partial charge in [0.1, 0.15) is 11.8 Å². The van der Waals surface area contributed by atoms with Crippen LogP contribution in [-0.2, 0) is 0 Å². The van der Waals surface area contributed by atoms with Crippen molar-refractivity contribution in [2.24, 2.45) is 11.8 Å². The van der Waals surface area contributed by atoms with E-state index in [4.69, 9.17) is 0 Å². The van der Waals surface area contributed by atoms with Crippen molar-refractivity contribution in [3.8, 4) is 0 Å². The highest BCUT2D eigenvalue weighted by molar-refractivity contribution is 5.15. The highest BCUT2D eigenvalue weighted by Gasteiger charge is 2.67. The van der Waals surface area contributed by atoms with Gasteiger partial charge in [-0.15, -0.1) is 0 Å². The SMILES string of the molecule is CC1CC1C1(F)CC1F. The Morgan fingerprint density at radius 2 is 2.00 bits per heavy atom. The first-order valence-corrected chi connectivity index (χ1v) is 3.47. The zero-order chi connectivity index (χ0) is 6.65. The Hall–Kier alpha value is -0.140. The van der Waals surface area contributed by atoms with Crippen LogP contribution < -0.4 is 0 Å². The zero-order valence-corrected chi connectivity index (χ0v) is 5.40. The Bertz CT molecular complexity index is 146. The van der Waals surface area contributed by atoms with Gasteiger partial charge in [-0.1, -0.05) is 6.92 Å². The summed E-state index contributed by atoms with van der Waals surface area (Å²) < 4.78 is 25.2. The van der Waals surface area contributed by atoms with Crippen LogP contribution >= 0.6 is 0 Å². The van der Waals surface area contributed by atoms with Crippen molar-refractivity contribution in [1.82, 2.24) is 0 Å². The van der Waals surface area contributed by atoms with E-state index >= 15 is 0 Å². The average molecular weight is 132 g/mol. The third kappa shape index (κ3) is 0.620. The van der Waals surface area contributed by atoms with Crippen LogP contribution in [0.25, 0.3) is 0 Å². The highest BCUT2D eigenvalue weighted by Crippen LogP contribution is 2.61. The summed E-state index contributed by atoms with van der Waals surface area (Å²) in [4.78, 5) is 0. The summed E-state index contributed by atoms with van der Waals surface area (Å²) in [6, 6.07) is 0. The predicted molar refractivity (Wildman–Crippen MR) is 30.6 cm³/mol. The molecule has 0 heterocycles. The van der Waals surface area contributed by atoms with E-state index in [1.54, 1.807) is 0 Å². The van der Waals surface area contributed by atoms with Crippen molar-refractivity contribution in [1.29, 1.82) is 0 Å². The van der Waals surface area contributed by atoms with Gasteiger partial charge >= 0.3 is 0 Å². The van der Waals surface area contributed by atoms with Crippen LogP contribution in [0.4, 0.5) is 8.78 Å². The summed E-state index contributed by atoms with van der Waals surface area (Å²) >= 11 is 0. The molecule has 0 aliphatic heterocycles. The Labute approximate surface area is 53.2 Å². The van der Waals surface area contributed by atoms with Gasteiger partial charge in [-0.2, -0.15) is 0 Å². The molecule has 0 aromatic carbocycles. The van der Waals surface area contributed by atoms with Gasteiger partial charge in [0.15, 0.2) is 0 Å². The molecule has 2 aliphatic carbocycles. The molecule has 2 rings (SSSR count). The molecule has 52 valence electrons. The van der Waals surface area contributed by atoms with Gasteiger partial charge < -0.3 is 0 Å². The lowest BCUT2D eigenvalue weighted by molar-refractivity contribution is 0.211. The quantitative estimate of drug-likeness (QED) is 0.512. The molecule has 4 atom stereocenters. The van der Waals surface area contributed by atoms with Gasteiger partial charge in [-0.25, -0.2) is 8.78 Å². The minimum atomic E-state index is -1.38. The molecule has 0 bridgehead atoms. The fourth-order valence-corrected chi connectivity index (χ4v) is 1.59. The van der Waals surface area contributed by atoms with E-state index in [-0.39, 0.29) is 12.3 Å². The largest absolute Gasteiger partial charge is 0.244 e. The Morgan fingerprint density at radius 3 is 2.11 bits per heavy atom. The van der Waals surface area contributed by atoms with E-state index in [1.165, 1.54) is 0 Å². The summed E-state index contributed by atoms with van der Waals surface area (Å²) in [5.41, 5.74) is -1.38. The summed E-state index contributed by atoms with van der Waals surface area (Å²) in [6.07, 6.45) is -0.0636. The topological polar surface area (TPSA) is 0 Å². The Morgan fingerprint density at radius 1 is 1.56 bits per heavy atom. The maximum absolute atomic E-state index is 13.0. The maximum atomic E-state index is 13.0. The Kier molecular flexibility index (Phi) is 0.814. The second-order valence-corrected chi connectivity index (χ2v) is 3.42. The first kappa shape index (κ1) is 5.63.